The zero-order valence-electron chi connectivity index (χ0n) is 18.4. The number of methoxy groups -OCH3 is 2. The van der Waals surface area contributed by atoms with Crippen LogP contribution in [0.25, 0.3) is 0 Å². The van der Waals surface area contributed by atoms with Crippen LogP contribution in [0, 0.1) is 5.82 Å². The molecular formula is C25H26FNO5. The fraction of sp³-hybridized carbons (Fsp3) is 0.240. The van der Waals surface area contributed by atoms with Gasteiger partial charge >= 0.3 is 0 Å². The largest absolute Gasteiger partial charge is 0.497 e. The number of carbonyl (C=O) groups is 1. The first-order valence-electron chi connectivity index (χ1n) is 10.0. The Balaban J connectivity index is 1.83. The summed E-state index contributed by atoms with van der Waals surface area (Å²) >= 11 is 0. The summed E-state index contributed by atoms with van der Waals surface area (Å²) in [6.07, 6.45) is -0.997. The minimum Gasteiger partial charge on any atom is -0.497 e. The standard InChI is InChI=1S/C25H26FNO5/c1-25(2,19-8-6-5-7-9-19)32-31-24(17-10-12-20(26)13-11-17)27-23(28)18-14-21(29-3)16-22(15-18)30-4/h5-16,24H,1-4H3,(H,27,28)/t24-/m1/s1. The van der Waals surface area contributed by atoms with Crippen molar-refractivity contribution in [3.05, 3.63) is 95.3 Å². The van der Waals surface area contributed by atoms with Gasteiger partial charge in [0.05, 0.1) is 14.2 Å². The van der Waals surface area contributed by atoms with Crippen LogP contribution in [0.4, 0.5) is 4.39 Å². The molecule has 3 aromatic rings. The maximum Gasteiger partial charge on any atom is 0.253 e. The van der Waals surface area contributed by atoms with Gasteiger partial charge in [-0.25, -0.2) is 14.2 Å². The van der Waals surface area contributed by atoms with Crippen LogP contribution in [0.2, 0.25) is 0 Å². The molecular weight excluding hydrogens is 413 g/mol. The summed E-state index contributed by atoms with van der Waals surface area (Å²) in [6, 6.07) is 20.0. The van der Waals surface area contributed by atoms with Crippen LogP contribution in [0.1, 0.15) is 41.6 Å². The molecule has 1 amide bonds. The first kappa shape index (κ1) is 23.2. The molecule has 6 nitrogen and oxygen atoms in total. The lowest BCUT2D eigenvalue weighted by molar-refractivity contribution is -0.388. The molecule has 3 rings (SSSR count). The number of halogens is 1. The topological polar surface area (TPSA) is 66.0 Å². The molecule has 0 spiro atoms. The van der Waals surface area contributed by atoms with Gasteiger partial charge in [-0.05, 0) is 43.7 Å². The fourth-order valence-electron chi connectivity index (χ4n) is 3.00. The summed E-state index contributed by atoms with van der Waals surface area (Å²) in [5, 5.41) is 2.78. The van der Waals surface area contributed by atoms with Crippen molar-refractivity contribution in [2.75, 3.05) is 14.2 Å². The van der Waals surface area contributed by atoms with Crippen molar-refractivity contribution in [2.45, 2.75) is 25.7 Å². The molecule has 0 unspecified atom stereocenters. The first-order chi connectivity index (χ1) is 15.3. The van der Waals surface area contributed by atoms with Crippen LogP contribution in [0.15, 0.2) is 72.8 Å². The van der Waals surface area contributed by atoms with E-state index in [9.17, 15) is 9.18 Å². The zero-order chi connectivity index (χ0) is 23.1. The van der Waals surface area contributed by atoms with E-state index in [0.29, 0.717) is 22.6 Å². The number of nitrogens with one attached hydrogen (secondary N) is 1. The normalized spacial score (nSPS) is 12.2. The molecule has 0 heterocycles. The number of ether oxygens (including phenoxy) is 2. The van der Waals surface area contributed by atoms with Crippen molar-refractivity contribution >= 4 is 5.91 Å². The van der Waals surface area contributed by atoms with E-state index in [2.05, 4.69) is 5.32 Å². The molecule has 0 aliphatic rings. The number of carbonyl (C=O) groups excluding carboxylic acids is 1. The molecule has 0 aliphatic carbocycles. The Morgan fingerprint density at radius 2 is 1.50 bits per heavy atom. The third kappa shape index (κ3) is 5.84. The first-order valence-corrected chi connectivity index (χ1v) is 10.0. The van der Waals surface area contributed by atoms with E-state index in [1.54, 1.807) is 18.2 Å². The summed E-state index contributed by atoms with van der Waals surface area (Å²) in [4.78, 5) is 24.4. The Hall–Kier alpha value is -3.42. The summed E-state index contributed by atoms with van der Waals surface area (Å²) in [6.45, 7) is 3.69. The van der Waals surface area contributed by atoms with Crippen LogP contribution >= 0.6 is 0 Å². The molecule has 0 saturated heterocycles. The summed E-state index contributed by atoms with van der Waals surface area (Å²) in [7, 11) is 3.00. The van der Waals surface area contributed by atoms with E-state index >= 15 is 0 Å². The Bertz CT molecular complexity index is 1020. The van der Waals surface area contributed by atoms with Gasteiger partial charge in [-0.2, -0.15) is 0 Å². The Labute approximate surface area is 186 Å². The number of rotatable bonds is 9. The highest BCUT2D eigenvalue weighted by molar-refractivity contribution is 5.95. The average molecular weight is 439 g/mol. The quantitative estimate of drug-likeness (QED) is 0.284. The highest BCUT2D eigenvalue weighted by atomic mass is 19.1. The maximum absolute atomic E-state index is 13.5. The molecule has 0 fully saturated rings. The van der Waals surface area contributed by atoms with E-state index in [-0.39, 0.29) is 0 Å². The molecule has 7 heteroatoms. The SMILES string of the molecule is COc1cc(OC)cc(C(=O)N[C@H](OOC(C)(C)c2ccccc2)c2ccc(F)cc2)c1. The van der Waals surface area contributed by atoms with Crippen LogP contribution in [-0.2, 0) is 15.4 Å². The Morgan fingerprint density at radius 3 is 2.06 bits per heavy atom. The van der Waals surface area contributed by atoms with Gasteiger partial charge in [-0.1, -0.05) is 42.5 Å². The highest BCUT2D eigenvalue weighted by Gasteiger charge is 2.26. The summed E-state index contributed by atoms with van der Waals surface area (Å²) in [5.41, 5.74) is 0.906. The van der Waals surface area contributed by atoms with Gasteiger partial charge in [-0.15, -0.1) is 0 Å². The smallest absolute Gasteiger partial charge is 0.253 e. The van der Waals surface area contributed by atoms with Gasteiger partial charge in [0.15, 0.2) is 6.23 Å². The molecule has 3 aromatic carbocycles. The average Bonchev–Trinajstić information content (AvgIpc) is 2.82. The van der Waals surface area contributed by atoms with Gasteiger partial charge in [0, 0.05) is 17.2 Å². The van der Waals surface area contributed by atoms with Gasteiger partial charge in [0.1, 0.15) is 22.9 Å². The lowest BCUT2D eigenvalue weighted by atomic mass is 9.99. The van der Waals surface area contributed by atoms with Crippen LogP contribution in [0.3, 0.4) is 0 Å². The second-order valence-electron chi connectivity index (χ2n) is 7.56. The van der Waals surface area contributed by atoms with Crippen molar-refractivity contribution in [3.8, 4) is 11.5 Å². The second-order valence-corrected chi connectivity index (χ2v) is 7.56. The lowest BCUT2D eigenvalue weighted by Crippen LogP contribution is -2.33. The Kier molecular flexibility index (Phi) is 7.45. The molecule has 0 aliphatic heterocycles. The third-order valence-corrected chi connectivity index (χ3v) is 4.87. The minimum atomic E-state index is -0.997. The minimum absolute atomic E-state index is 0.305. The molecule has 0 bridgehead atoms. The molecule has 0 radical (unpaired) electrons. The van der Waals surface area contributed by atoms with E-state index in [4.69, 9.17) is 19.2 Å². The highest BCUT2D eigenvalue weighted by Crippen LogP contribution is 2.28. The van der Waals surface area contributed by atoms with Gasteiger partial charge in [-0.3, -0.25) is 4.79 Å². The molecule has 0 saturated carbocycles. The Morgan fingerprint density at radius 1 is 0.906 bits per heavy atom. The second kappa shape index (κ2) is 10.3. The van der Waals surface area contributed by atoms with E-state index in [1.165, 1.54) is 38.5 Å². The van der Waals surface area contributed by atoms with Crippen molar-refractivity contribution in [1.29, 1.82) is 0 Å². The molecule has 0 aromatic heterocycles. The maximum atomic E-state index is 13.5. The van der Waals surface area contributed by atoms with Crippen molar-refractivity contribution in [1.82, 2.24) is 5.32 Å². The fourth-order valence-corrected chi connectivity index (χ4v) is 3.00. The molecule has 32 heavy (non-hydrogen) atoms. The lowest BCUT2D eigenvalue weighted by Gasteiger charge is -2.27. The van der Waals surface area contributed by atoms with Crippen molar-refractivity contribution < 1.29 is 28.4 Å². The third-order valence-electron chi connectivity index (χ3n) is 4.87. The van der Waals surface area contributed by atoms with E-state index in [1.807, 2.05) is 44.2 Å². The van der Waals surface area contributed by atoms with E-state index in [0.717, 1.165) is 5.56 Å². The van der Waals surface area contributed by atoms with Crippen molar-refractivity contribution in [2.24, 2.45) is 0 Å². The van der Waals surface area contributed by atoms with E-state index < -0.39 is 23.6 Å². The monoisotopic (exact) mass is 439 g/mol. The number of hydrogen-bond donors (Lipinski definition) is 1. The summed E-state index contributed by atoms with van der Waals surface area (Å²) in [5.74, 6) is 0.0879. The van der Waals surface area contributed by atoms with Crippen LogP contribution < -0.4 is 14.8 Å². The molecule has 168 valence electrons. The van der Waals surface area contributed by atoms with Gasteiger partial charge < -0.3 is 14.8 Å². The van der Waals surface area contributed by atoms with Gasteiger partial charge in [0.2, 0.25) is 0 Å². The summed E-state index contributed by atoms with van der Waals surface area (Å²) < 4.78 is 23.9. The number of benzene rings is 3. The van der Waals surface area contributed by atoms with Crippen LogP contribution in [-0.4, -0.2) is 20.1 Å². The van der Waals surface area contributed by atoms with Crippen molar-refractivity contribution in [3.63, 3.8) is 0 Å². The van der Waals surface area contributed by atoms with Gasteiger partial charge in [0.25, 0.3) is 5.91 Å². The number of hydrogen-bond acceptors (Lipinski definition) is 5. The zero-order valence-corrected chi connectivity index (χ0v) is 18.4. The van der Waals surface area contributed by atoms with Crippen LogP contribution in [0.5, 0.6) is 11.5 Å². The predicted molar refractivity (Wildman–Crippen MR) is 118 cm³/mol. The number of amides is 1. The molecule has 1 atom stereocenters. The predicted octanol–water partition coefficient (Wildman–Crippen LogP) is 5.16. The molecule has 1 N–H and O–H groups in total.